The van der Waals surface area contributed by atoms with Crippen LogP contribution in [0.2, 0.25) is 0 Å². The summed E-state index contributed by atoms with van der Waals surface area (Å²) in [6.45, 7) is 10.1. The van der Waals surface area contributed by atoms with E-state index in [-0.39, 0.29) is 11.7 Å². The van der Waals surface area contributed by atoms with Crippen molar-refractivity contribution in [1.82, 2.24) is 4.57 Å². The van der Waals surface area contributed by atoms with E-state index < -0.39 is 0 Å². The summed E-state index contributed by atoms with van der Waals surface area (Å²) in [6, 6.07) is 0. The van der Waals surface area contributed by atoms with Crippen LogP contribution in [0.25, 0.3) is 11.5 Å². The first kappa shape index (κ1) is 15.0. The number of nitrogens with zero attached hydrogens (tertiary/aromatic N) is 1. The smallest absolute Gasteiger partial charge is 0.108 e. The van der Waals surface area contributed by atoms with Gasteiger partial charge in [-0.2, -0.15) is 0 Å². The molecule has 1 aliphatic rings. The fourth-order valence-electron chi connectivity index (χ4n) is 3.18. The zero-order valence-corrected chi connectivity index (χ0v) is 13.0. The maximum Gasteiger partial charge on any atom is 0.108 e. The number of allylic oxidation sites excluding steroid dienone is 1. The van der Waals surface area contributed by atoms with Gasteiger partial charge in [0.2, 0.25) is 0 Å². The van der Waals surface area contributed by atoms with Crippen LogP contribution >= 0.6 is 0 Å². The molecule has 1 aromatic rings. The largest absolute Gasteiger partial charge is 0.513 e. The van der Waals surface area contributed by atoms with Crippen molar-refractivity contribution in [3.63, 3.8) is 0 Å². The molecule has 3 heteroatoms. The summed E-state index contributed by atoms with van der Waals surface area (Å²) in [7, 11) is 8.34. The third-order valence-electron chi connectivity index (χ3n) is 4.59. The van der Waals surface area contributed by atoms with E-state index in [0.29, 0.717) is 5.92 Å². The van der Waals surface area contributed by atoms with Crippen molar-refractivity contribution in [2.45, 2.75) is 40.0 Å². The highest BCUT2D eigenvalue weighted by molar-refractivity contribution is 6.38. The van der Waals surface area contributed by atoms with Crippen LogP contribution in [0.15, 0.2) is 12.3 Å². The molecule has 0 saturated heterocycles. The molecular formula is C17H24BNO. The molecule has 0 bridgehead atoms. The van der Waals surface area contributed by atoms with Crippen molar-refractivity contribution in [2.24, 2.45) is 18.9 Å². The van der Waals surface area contributed by atoms with Crippen molar-refractivity contribution in [3.05, 3.63) is 34.2 Å². The number of rotatable bonds is 4. The minimum absolute atomic E-state index is 0.0786. The Bertz CT molecular complexity index is 652. The van der Waals surface area contributed by atoms with Crippen LogP contribution in [-0.2, 0) is 13.5 Å². The molecule has 0 amide bonds. The standard InChI is InChI=1S/C17H24BNO/c1-10(2)13(12(4)20)9-14-11(3)19(5)16-8-6-7-15(18)17(14)16/h8,10,13,20H,4,6-7,9H2,1-3,5H3. The van der Waals surface area contributed by atoms with Crippen molar-refractivity contribution >= 4 is 19.4 Å². The second kappa shape index (κ2) is 5.55. The summed E-state index contributed by atoms with van der Waals surface area (Å²) in [5, 5.41) is 12.3. The van der Waals surface area contributed by atoms with Crippen molar-refractivity contribution in [3.8, 4) is 0 Å². The summed E-state index contributed by atoms with van der Waals surface area (Å²) in [5.41, 5.74) is 3.49. The summed E-state index contributed by atoms with van der Waals surface area (Å²) in [4.78, 5) is 0. The SMILES string of the molecule is [B]C1=c2c(CC(C(=C)O)C(C)C)c(C)n(C)c2=CCC1. The molecule has 20 heavy (non-hydrogen) atoms. The Labute approximate surface area is 122 Å². The molecule has 1 atom stereocenters. The van der Waals surface area contributed by atoms with E-state index in [1.165, 1.54) is 21.8 Å². The maximum absolute atomic E-state index is 9.86. The van der Waals surface area contributed by atoms with Gasteiger partial charge in [-0.15, -0.1) is 5.47 Å². The average Bonchev–Trinajstić information content (AvgIpc) is 2.61. The minimum atomic E-state index is 0.0786. The maximum atomic E-state index is 9.86. The van der Waals surface area contributed by atoms with Crippen molar-refractivity contribution in [2.75, 3.05) is 0 Å². The molecule has 0 aromatic carbocycles. The second-order valence-corrected chi connectivity index (χ2v) is 6.20. The van der Waals surface area contributed by atoms with E-state index in [9.17, 15) is 5.11 Å². The van der Waals surface area contributed by atoms with Crippen LogP contribution in [0, 0.1) is 18.8 Å². The van der Waals surface area contributed by atoms with E-state index in [0.717, 1.165) is 24.7 Å². The first-order chi connectivity index (χ1) is 9.34. The van der Waals surface area contributed by atoms with Crippen LogP contribution in [0.1, 0.15) is 37.9 Å². The van der Waals surface area contributed by atoms with E-state index in [4.69, 9.17) is 7.85 Å². The Kier molecular flexibility index (Phi) is 4.17. The summed E-state index contributed by atoms with van der Waals surface area (Å²) >= 11 is 0. The second-order valence-electron chi connectivity index (χ2n) is 6.20. The molecule has 106 valence electrons. The van der Waals surface area contributed by atoms with E-state index in [1.807, 2.05) is 0 Å². The zero-order valence-electron chi connectivity index (χ0n) is 13.0. The molecule has 2 nitrogen and oxygen atoms in total. The predicted octanol–water partition coefficient (Wildman–Crippen LogP) is 2.07. The van der Waals surface area contributed by atoms with Gasteiger partial charge in [-0.05, 0) is 42.9 Å². The van der Waals surface area contributed by atoms with E-state index >= 15 is 0 Å². The number of hydrogen-bond donors (Lipinski definition) is 1. The predicted molar refractivity (Wildman–Crippen MR) is 86.1 cm³/mol. The third-order valence-corrected chi connectivity index (χ3v) is 4.59. The number of fused-ring (bicyclic) bond motifs is 1. The highest BCUT2D eigenvalue weighted by Gasteiger charge is 2.21. The van der Waals surface area contributed by atoms with Gasteiger partial charge in [0.15, 0.2) is 0 Å². The Morgan fingerprint density at radius 3 is 2.70 bits per heavy atom. The van der Waals surface area contributed by atoms with Gasteiger partial charge in [-0.25, -0.2) is 0 Å². The topological polar surface area (TPSA) is 25.2 Å². The Morgan fingerprint density at radius 2 is 2.15 bits per heavy atom. The van der Waals surface area contributed by atoms with Crippen LogP contribution in [0.5, 0.6) is 0 Å². The fraction of sp³-hybridized carbons (Fsp3) is 0.529. The summed E-state index contributed by atoms with van der Waals surface area (Å²) in [5.74, 6) is 0.710. The van der Waals surface area contributed by atoms with Gasteiger partial charge in [0.25, 0.3) is 0 Å². The molecule has 0 fully saturated rings. The van der Waals surface area contributed by atoms with E-state index in [2.05, 4.69) is 45.0 Å². The van der Waals surface area contributed by atoms with Crippen LogP contribution in [0.3, 0.4) is 0 Å². The Balaban J connectivity index is 2.60. The molecule has 2 radical (unpaired) electrons. The highest BCUT2D eigenvalue weighted by Crippen LogP contribution is 2.23. The van der Waals surface area contributed by atoms with Crippen LogP contribution in [0.4, 0.5) is 0 Å². The summed E-state index contributed by atoms with van der Waals surface area (Å²) < 4.78 is 2.22. The normalized spacial score (nSPS) is 15.9. The van der Waals surface area contributed by atoms with Crippen molar-refractivity contribution < 1.29 is 5.11 Å². The van der Waals surface area contributed by atoms with Gasteiger partial charge >= 0.3 is 0 Å². The monoisotopic (exact) mass is 269 g/mol. The first-order valence-electron chi connectivity index (χ1n) is 7.35. The molecule has 1 aliphatic carbocycles. The lowest BCUT2D eigenvalue weighted by atomic mass is 9.82. The Hall–Kier alpha value is -1.38. The molecular weight excluding hydrogens is 245 g/mol. The lowest BCUT2D eigenvalue weighted by Crippen LogP contribution is -2.34. The van der Waals surface area contributed by atoms with Gasteiger partial charge < -0.3 is 9.67 Å². The number of hydrogen-bond acceptors (Lipinski definition) is 1. The lowest BCUT2D eigenvalue weighted by molar-refractivity contribution is 0.282. The van der Waals surface area contributed by atoms with Gasteiger partial charge in [0.1, 0.15) is 7.85 Å². The summed E-state index contributed by atoms with van der Waals surface area (Å²) in [6.07, 6.45) is 5.00. The molecule has 2 rings (SSSR count). The minimum Gasteiger partial charge on any atom is -0.513 e. The van der Waals surface area contributed by atoms with Gasteiger partial charge in [0.05, 0.1) is 5.76 Å². The molecule has 1 unspecified atom stereocenters. The third kappa shape index (κ3) is 2.46. The molecule has 0 aliphatic heterocycles. The fourth-order valence-corrected chi connectivity index (χ4v) is 3.18. The molecule has 0 spiro atoms. The van der Waals surface area contributed by atoms with Gasteiger partial charge in [-0.3, -0.25) is 0 Å². The van der Waals surface area contributed by atoms with Gasteiger partial charge in [-0.1, -0.05) is 26.5 Å². The molecule has 1 aromatic heterocycles. The molecule has 1 N–H and O–H groups in total. The highest BCUT2D eigenvalue weighted by atomic mass is 16.3. The lowest BCUT2D eigenvalue weighted by Gasteiger charge is -2.20. The van der Waals surface area contributed by atoms with Gasteiger partial charge in [0, 0.05) is 24.0 Å². The first-order valence-corrected chi connectivity index (χ1v) is 7.35. The molecule has 0 saturated carbocycles. The zero-order chi connectivity index (χ0) is 15.0. The van der Waals surface area contributed by atoms with Crippen molar-refractivity contribution in [1.29, 1.82) is 0 Å². The molecule has 1 heterocycles. The number of aliphatic hydroxyl groups is 1. The number of aromatic nitrogens is 1. The number of aliphatic hydroxyl groups excluding tert-OH is 1. The quantitative estimate of drug-likeness (QED) is 0.657. The van der Waals surface area contributed by atoms with E-state index in [1.54, 1.807) is 0 Å². The average molecular weight is 269 g/mol. The van der Waals surface area contributed by atoms with Crippen LogP contribution < -0.4 is 10.6 Å². The Morgan fingerprint density at radius 1 is 1.50 bits per heavy atom. The van der Waals surface area contributed by atoms with Crippen LogP contribution in [-0.4, -0.2) is 17.5 Å².